The van der Waals surface area contributed by atoms with E-state index in [9.17, 15) is 0 Å². The first-order valence-corrected chi connectivity index (χ1v) is 5.75. The highest BCUT2D eigenvalue weighted by atomic mass is 14.3. The van der Waals surface area contributed by atoms with E-state index in [-0.39, 0.29) is 0 Å². The van der Waals surface area contributed by atoms with Gasteiger partial charge in [-0.15, -0.1) is 0 Å². The Hall–Kier alpha value is -0.780. The van der Waals surface area contributed by atoms with E-state index in [2.05, 4.69) is 45.0 Å². The van der Waals surface area contributed by atoms with Gasteiger partial charge < -0.3 is 0 Å². The van der Waals surface area contributed by atoms with Crippen LogP contribution in [0.25, 0.3) is 0 Å². The van der Waals surface area contributed by atoms with E-state index in [0.717, 1.165) is 17.8 Å². The summed E-state index contributed by atoms with van der Waals surface area (Å²) in [5.41, 5.74) is 3.17. The van der Waals surface area contributed by atoms with Crippen LogP contribution in [-0.4, -0.2) is 0 Å². The molecule has 1 aromatic rings. The van der Waals surface area contributed by atoms with Gasteiger partial charge in [0.05, 0.1) is 0 Å². The summed E-state index contributed by atoms with van der Waals surface area (Å²) in [5.74, 6) is 2.55. The second kappa shape index (κ2) is 3.76. The molecule has 1 aliphatic carbocycles. The minimum absolute atomic E-state index is 0.818. The lowest BCUT2D eigenvalue weighted by Crippen LogP contribution is -2.27. The molecule has 0 heteroatoms. The maximum atomic E-state index is 2.40. The number of benzene rings is 1. The Labute approximate surface area is 87.3 Å². The Morgan fingerprint density at radius 1 is 1.07 bits per heavy atom. The lowest BCUT2D eigenvalue weighted by atomic mass is 9.72. The maximum Gasteiger partial charge on any atom is -0.0243 e. The highest BCUT2D eigenvalue weighted by Crippen LogP contribution is 2.34. The average Bonchev–Trinajstić information content (AvgIpc) is 2.16. The Morgan fingerprint density at radius 2 is 1.64 bits per heavy atom. The van der Waals surface area contributed by atoms with Crippen molar-refractivity contribution in [2.24, 2.45) is 17.8 Å². The molecule has 1 aromatic carbocycles. The Bertz CT molecular complexity index is 312. The lowest BCUT2D eigenvalue weighted by Gasteiger charge is -2.33. The third-order valence-electron chi connectivity index (χ3n) is 3.70. The predicted octanol–water partition coefficient (Wildman–Crippen LogP) is 3.69. The number of hydrogen-bond acceptors (Lipinski definition) is 0. The van der Waals surface area contributed by atoms with Gasteiger partial charge in [-0.05, 0) is 41.7 Å². The molecular formula is C14H20. The molecule has 1 aliphatic rings. The predicted molar refractivity (Wildman–Crippen MR) is 61.3 cm³/mol. The zero-order chi connectivity index (χ0) is 10.1. The van der Waals surface area contributed by atoms with Gasteiger partial charge in [0.25, 0.3) is 0 Å². The van der Waals surface area contributed by atoms with Gasteiger partial charge in [0.15, 0.2) is 0 Å². The largest absolute Gasteiger partial charge is 0.0625 e. The summed E-state index contributed by atoms with van der Waals surface area (Å²) >= 11 is 0. The molecule has 0 nitrogen and oxygen atoms in total. The Balaban J connectivity index is 2.27. The van der Waals surface area contributed by atoms with Crippen LogP contribution in [0.5, 0.6) is 0 Å². The molecule has 0 aromatic heterocycles. The number of fused-ring (bicyclic) bond motifs is 1. The molecule has 0 N–H and O–H groups in total. The van der Waals surface area contributed by atoms with Crippen LogP contribution in [0.1, 0.15) is 31.9 Å². The molecule has 76 valence electrons. The van der Waals surface area contributed by atoms with Gasteiger partial charge in [0.2, 0.25) is 0 Å². The van der Waals surface area contributed by atoms with Crippen LogP contribution in [0, 0.1) is 17.8 Å². The minimum atomic E-state index is 0.818. The molecule has 0 saturated carbocycles. The fraction of sp³-hybridized carbons (Fsp3) is 0.571. The fourth-order valence-electron chi connectivity index (χ4n) is 2.80. The van der Waals surface area contributed by atoms with Crippen LogP contribution >= 0.6 is 0 Å². The summed E-state index contributed by atoms with van der Waals surface area (Å²) in [6, 6.07) is 8.94. The maximum absolute atomic E-state index is 2.40. The van der Waals surface area contributed by atoms with Gasteiger partial charge in [-0.25, -0.2) is 0 Å². The summed E-state index contributed by atoms with van der Waals surface area (Å²) in [6.45, 7) is 7.12. The highest BCUT2D eigenvalue weighted by Gasteiger charge is 2.26. The summed E-state index contributed by atoms with van der Waals surface area (Å²) < 4.78 is 0. The molecule has 14 heavy (non-hydrogen) atoms. The third-order valence-corrected chi connectivity index (χ3v) is 3.70. The second-order valence-corrected chi connectivity index (χ2v) is 5.06. The van der Waals surface area contributed by atoms with E-state index in [1.807, 2.05) is 0 Å². The van der Waals surface area contributed by atoms with Crippen molar-refractivity contribution in [2.45, 2.75) is 33.6 Å². The van der Waals surface area contributed by atoms with Crippen molar-refractivity contribution < 1.29 is 0 Å². The normalized spacial score (nSPS) is 26.3. The minimum Gasteiger partial charge on any atom is -0.0625 e. The van der Waals surface area contributed by atoms with Crippen LogP contribution in [0.15, 0.2) is 24.3 Å². The lowest BCUT2D eigenvalue weighted by molar-refractivity contribution is 0.252. The van der Waals surface area contributed by atoms with Crippen molar-refractivity contribution in [2.75, 3.05) is 0 Å². The van der Waals surface area contributed by atoms with Gasteiger partial charge in [-0.3, -0.25) is 0 Å². The average molecular weight is 188 g/mol. The highest BCUT2D eigenvalue weighted by molar-refractivity contribution is 5.30. The standard InChI is InChI=1S/C14H20/c1-10(2)14-9-13-7-5-4-6-12(13)8-11(14)3/h4-7,10-11,14H,8-9H2,1-3H3. The van der Waals surface area contributed by atoms with Crippen molar-refractivity contribution in [1.82, 2.24) is 0 Å². The monoisotopic (exact) mass is 188 g/mol. The Kier molecular flexibility index (Phi) is 2.62. The first-order valence-electron chi connectivity index (χ1n) is 5.75. The van der Waals surface area contributed by atoms with Crippen molar-refractivity contribution >= 4 is 0 Å². The molecule has 0 saturated heterocycles. The molecule has 0 amide bonds. The molecule has 0 bridgehead atoms. The number of rotatable bonds is 1. The van der Waals surface area contributed by atoms with E-state index in [1.165, 1.54) is 12.8 Å². The SMILES string of the molecule is CC(C)C1Cc2ccccc2CC1C. The number of hydrogen-bond donors (Lipinski definition) is 0. The third kappa shape index (κ3) is 1.70. The zero-order valence-electron chi connectivity index (χ0n) is 9.46. The molecule has 2 atom stereocenters. The van der Waals surface area contributed by atoms with Crippen molar-refractivity contribution in [3.63, 3.8) is 0 Å². The van der Waals surface area contributed by atoms with Crippen molar-refractivity contribution in [1.29, 1.82) is 0 Å². The van der Waals surface area contributed by atoms with Gasteiger partial charge in [-0.2, -0.15) is 0 Å². The van der Waals surface area contributed by atoms with E-state index >= 15 is 0 Å². The van der Waals surface area contributed by atoms with Gasteiger partial charge in [0, 0.05) is 0 Å². The van der Waals surface area contributed by atoms with Gasteiger partial charge >= 0.3 is 0 Å². The summed E-state index contributed by atoms with van der Waals surface area (Å²) in [5, 5.41) is 0. The molecule has 0 spiro atoms. The van der Waals surface area contributed by atoms with Crippen LogP contribution < -0.4 is 0 Å². The fourth-order valence-corrected chi connectivity index (χ4v) is 2.80. The van der Waals surface area contributed by atoms with E-state index in [4.69, 9.17) is 0 Å². The molecule has 0 fully saturated rings. The van der Waals surface area contributed by atoms with Crippen LogP contribution in [0.3, 0.4) is 0 Å². The zero-order valence-corrected chi connectivity index (χ0v) is 9.46. The quantitative estimate of drug-likeness (QED) is 0.630. The molecular weight excluding hydrogens is 168 g/mol. The van der Waals surface area contributed by atoms with E-state index in [0.29, 0.717) is 0 Å². The summed E-state index contributed by atoms with van der Waals surface area (Å²) in [7, 11) is 0. The van der Waals surface area contributed by atoms with Crippen molar-refractivity contribution in [3.8, 4) is 0 Å². The Morgan fingerprint density at radius 3 is 2.21 bits per heavy atom. The summed E-state index contributed by atoms with van der Waals surface area (Å²) in [6.07, 6.45) is 2.56. The topological polar surface area (TPSA) is 0 Å². The molecule has 2 unspecified atom stereocenters. The van der Waals surface area contributed by atoms with Crippen LogP contribution in [-0.2, 0) is 12.8 Å². The smallest absolute Gasteiger partial charge is 0.0243 e. The van der Waals surface area contributed by atoms with E-state index < -0.39 is 0 Å². The first kappa shape index (κ1) is 9.76. The van der Waals surface area contributed by atoms with Crippen LogP contribution in [0.4, 0.5) is 0 Å². The van der Waals surface area contributed by atoms with Crippen LogP contribution in [0.2, 0.25) is 0 Å². The van der Waals surface area contributed by atoms with Gasteiger partial charge in [-0.1, -0.05) is 45.0 Å². The van der Waals surface area contributed by atoms with Gasteiger partial charge in [0.1, 0.15) is 0 Å². The molecule has 0 heterocycles. The first-order chi connectivity index (χ1) is 6.68. The molecule has 0 aliphatic heterocycles. The van der Waals surface area contributed by atoms with E-state index in [1.54, 1.807) is 11.1 Å². The molecule has 2 rings (SSSR count). The van der Waals surface area contributed by atoms with Crippen molar-refractivity contribution in [3.05, 3.63) is 35.4 Å². The second-order valence-electron chi connectivity index (χ2n) is 5.06. The summed E-state index contributed by atoms with van der Waals surface area (Å²) in [4.78, 5) is 0. The molecule has 0 radical (unpaired) electrons.